The van der Waals surface area contributed by atoms with Crippen molar-refractivity contribution in [3.05, 3.63) is 72.6 Å². The van der Waals surface area contributed by atoms with Crippen molar-refractivity contribution in [2.45, 2.75) is 35.0 Å². The second kappa shape index (κ2) is 6.32. The predicted octanol–water partition coefficient (Wildman–Crippen LogP) is 4.75. The lowest BCUT2D eigenvalue weighted by Crippen LogP contribution is -2.48. The van der Waals surface area contributed by atoms with Gasteiger partial charge < -0.3 is 9.80 Å². The van der Waals surface area contributed by atoms with Crippen molar-refractivity contribution in [1.82, 2.24) is 9.97 Å². The summed E-state index contributed by atoms with van der Waals surface area (Å²) in [6, 6.07) is 21.5. The third-order valence-corrected chi connectivity index (χ3v) is 6.33. The Labute approximate surface area is 157 Å². The molecule has 0 spiro atoms. The first-order chi connectivity index (χ1) is 12.8. The van der Waals surface area contributed by atoms with E-state index < -0.39 is 0 Å². The smallest absolute Gasteiger partial charge is 0.139 e. The topological polar surface area (TPSA) is 32.3 Å². The summed E-state index contributed by atoms with van der Waals surface area (Å²) in [5.41, 5.74) is 2.54. The van der Waals surface area contributed by atoms with Gasteiger partial charge in [0.05, 0.1) is 6.04 Å². The molecule has 0 saturated carbocycles. The Balaban J connectivity index is 1.61. The van der Waals surface area contributed by atoms with Crippen molar-refractivity contribution in [2.24, 2.45) is 0 Å². The molecule has 1 fully saturated rings. The normalized spacial score (nSPS) is 21.0. The van der Waals surface area contributed by atoms with Crippen LogP contribution in [0.5, 0.6) is 0 Å². The second-order valence-electron chi connectivity index (χ2n) is 6.76. The van der Waals surface area contributed by atoms with E-state index in [9.17, 15) is 0 Å². The zero-order chi connectivity index (χ0) is 17.5. The number of fused-ring (bicyclic) bond motifs is 4. The Morgan fingerprint density at radius 1 is 0.923 bits per heavy atom. The van der Waals surface area contributed by atoms with Crippen molar-refractivity contribution in [3.8, 4) is 0 Å². The zero-order valence-corrected chi connectivity index (χ0v) is 15.4. The van der Waals surface area contributed by atoms with Crippen LogP contribution in [0.4, 0.5) is 11.5 Å². The first-order valence-electron chi connectivity index (χ1n) is 8.97. The van der Waals surface area contributed by atoms with Gasteiger partial charge in [-0.15, -0.1) is 0 Å². The third kappa shape index (κ3) is 2.46. The van der Waals surface area contributed by atoms with Crippen molar-refractivity contribution in [1.29, 1.82) is 0 Å². The van der Waals surface area contributed by atoms with Gasteiger partial charge in [-0.2, -0.15) is 0 Å². The van der Waals surface area contributed by atoms with E-state index in [1.807, 2.05) is 6.07 Å². The molecule has 5 heteroatoms. The van der Waals surface area contributed by atoms with Crippen LogP contribution in [-0.4, -0.2) is 23.2 Å². The van der Waals surface area contributed by atoms with Crippen LogP contribution in [0.15, 0.2) is 76.9 Å². The van der Waals surface area contributed by atoms with E-state index in [0.29, 0.717) is 12.2 Å². The molecule has 2 bridgehead atoms. The number of hydrogen-bond acceptors (Lipinski definition) is 5. The largest absolute Gasteiger partial charge is 0.344 e. The molecule has 0 aliphatic carbocycles. The average Bonchev–Trinajstić information content (AvgIpc) is 3.07. The van der Waals surface area contributed by atoms with Crippen LogP contribution in [0.25, 0.3) is 0 Å². The van der Waals surface area contributed by atoms with Crippen LogP contribution in [0.2, 0.25) is 0 Å². The number of anilines is 2. The van der Waals surface area contributed by atoms with E-state index in [-0.39, 0.29) is 0 Å². The number of nitrogens with zero attached hydrogens (tertiary/aromatic N) is 4. The summed E-state index contributed by atoms with van der Waals surface area (Å²) in [5, 5.41) is 1.07. The van der Waals surface area contributed by atoms with Gasteiger partial charge in [-0.05, 0) is 37.1 Å². The fraction of sp³-hybridized carbons (Fsp3) is 0.238. The van der Waals surface area contributed by atoms with E-state index >= 15 is 0 Å². The molecule has 26 heavy (non-hydrogen) atoms. The maximum Gasteiger partial charge on any atom is 0.139 e. The lowest BCUT2D eigenvalue weighted by molar-refractivity contribution is 0.580. The average molecular weight is 360 g/mol. The van der Waals surface area contributed by atoms with Crippen molar-refractivity contribution < 1.29 is 0 Å². The van der Waals surface area contributed by atoms with Crippen molar-refractivity contribution in [3.63, 3.8) is 0 Å². The van der Waals surface area contributed by atoms with Gasteiger partial charge in [0.2, 0.25) is 0 Å². The summed E-state index contributed by atoms with van der Waals surface area (Å²) < 4.78 is 0. The van der Waals surface area contributed by atoms with Crippen LogP contribution in [0, 0.1) is 0 Å². The number of para-hydroxylation sites is 1. The van der Waals surface area contributed by atoms with Gasteiger partial charge >= 0.3 is 0 Å². The van der Waals surface area contributed by atoms with Crippen LogP contribution in [0.3, 0.4) is 0 Å². The molecular formula is C21H20N4S. The van der Waals surface area contributed by atoms with E-state index in [0.717, 1.165) is 23.7 Å². The van der Waals surface area contributed by atoms with Crippen LogP contribution < -0.4 is 9.80 Å². The van der Waals surface area contributed by atoms with Crippen molar-refractivity contribution in [2.75, 3.05) is 16.8 Å². The number of rotatable bonds is 3. The monoisotopic (exact) mass is 360 g/mol. The Morgan fingerprint density at radius 3 is 2.42 bits per heavy atom. The molecule has 0 radical (unpaired) electrons. The maximum atomic E-state index is 4.67. The molecule has 2 aromatic carbocycles. The van der Waals surface area contributed by atoms with Crippen LogP contribution in [0.1, 0.15) is 24.4 Å². The molecule has 5 rings (SSSR count). The standard InChI is InChI=1S/C21H20N4S/c1-24-18-13-12-17(25(18)15-8-4-2-5-9-15)19-20(24)22-14-23-21(19)26-16-10-6-3-7-11-16/h2-11,14,17-18H,12-13H2,1H3/t17-,18+/m0/s1. The molecule has 130 valence electrons. The summed E-state index contributed by atoms with van der Waals surface area (Å²) in [6.45, 7) is 0. The molecule has 1 aromatic heterocycles. The quantitative estimate of drug-likeness (QED) is 0.630. The molecule has 4 nitrogen and oxygen atoms in total. The van der Waals surface area contributed by atoms with Crippen LogP contribution in [-0.2, 0) is 0 Å². The fourth-order valence-electron chi connectivity index (χ4n) is 4.17. The Hall–Kier alpha value is -2.53. The van der Waals surface area contributed by atoms with E-state index in [4.69, 9.17) is 0 Å². The minimum atomic E-state index is 0.334. The fourth-order valence-corrected chi connectivity index (χ4v) is 5.13. The summed E-state index contributed by atoms with van der Waals surface area (Å²) in [6.07, 6.45) is 4.34. The highest BCUT2D eigenvalue weighted by Gasteiger charge is 2.45. The van der Waals surface area contributed by atoms with Gasteiger partial charge in [-0.1, -0.05) is 48.2 Å². The minimum Gasteiger partial charge on any atom is -0.344 e. The highest BCUT2D eigenvalue weighted by molar-refractivity contribution is 7.99. The lowest BCUT2D eigenvalue weighted by atomic mass is 10.1. The Bertz CT molecular complexity index is 916. The molecule has 0 amide bonds. The first-order valence-corrected chi connectivity index (χ1v) is 9.78. The van der Waals surface area contributed by atoms with Crippen LogP contribution >= 0.6 is 11.8 Å². The third-order valence-electron chi connectivity index (χ3n) is 5.31. The second-order valence-corrected chi connectivity index (χ2v) is 7.82. The molecule has 1 saturated heterocycles. The molecule has 2 aliphatic heterocycles. The summed E-state index contributed by atoms with van der Waals surface area (Å²) in [4.78, 5) is 15.4. The first kappa shape index (κ1) is 15.7. The Morgan fingerprint density at radius 2 is 1.65 bits per heavy atom. The van der Waals surface area contributed by atoms with E-state index in [1.54, 1.807) is 18.1 Å². The minimum absolute atomic E-state index is 0.334. The number of aromatic nitrogens is 2. The van der Waals surface area contributed by atoms with Gasteiger partial charge in [-0.3, -0.25) is 0 Å². The van der Waals surface area contributed by atoms with Gasteiger partial charge in [-0.25, -0.2) is 9.97 Å². The lowest BCUT2D eigenvalue weighted by Gasteiger charge is -2.43. The molecular weight excluding hydrogens is 340 g/mol. The molecule has 0 unspecified atom stereocenters. The maximum absolute atomic E-state index is 4.67. The summed E-state index contributed by atoms with van der Waals surface area (Å²) in [7, 11) is 2.16. The molecule has 2 atom stereocenters. The molecule has 0 N–H and O–H groups in total. The summed E-state index contributed by atoms with van der Waals surface area (Å²) in [5.74, 6) is 1.08. The van der Waals surface area contributed by atoms with Crippen molar-refractivity contribution >= 4 is 23.3 Å². The van der Waals surface area contributed by atoms with Gasteiger partial charge in [0.1, 0.15) is 23.3 Å². The highest BCUT2D eigenvalue weighted by Crippen LogP contribution is 2.51. The zero-order valence-electron chi connectivity index (χ0n) is 14.6. The van der Waals surface area contributed by atoms with E-state index in [2.05, 4.69) is 81.4 Å². The van der Waals surface area contributed by atoms with E-state index in [1.165, 1.54) is 16.1 Å². The van der Waals surface area contributed by atoms with Gasteiger partial charge in [0, 0.05) is 23.2 Å². The summed E-state index contributed by atoms with van der Waals surface area (Å²) >= 11 is 1.73. The number of hydrogen-bond donors (Lipinski definition) is 0. The molecule has 3 heterocycles. The SMILES string of the molecule is CN1c2ncnc(Sc3ccccc3)c2[C@@H]2CC[C@H]1N2c1ccccc1. The van der Waals surface area contributed by atoms with Gasteiger partial charge in [0.15, 0.2) is 0 Å². The highest BCUT2D eigenvalue weighted by atomic mass is 32.2. The number of benzene rings is 2. The van der Waals surface area contributed by atoms with Gasteiger partial charge in [0.25, 0.3) is 0 Å². The molecule has 3 aromatic rings. The molecule has 2 aliphatic rings. The Kier molecular flexibility index (Phi) is 3.82. The predicted molar refractivity (Wildman–Crippen MR) is 106 cm³/mol.